The third-order valence-electron chi connectivity index (χ3n) is 3.27. The maximum absolute atomic E-state index is 6.33. The van der Waals surface area contributed by atoms with E-state index in [1.165, 1.54) is 0 Å². The number of halogens is 1. The van der Waals surface area contributed by atoms with E-state index >= 15 is 0 Å². The van der Waals surface area contributed by atoms with Gasteiger partial charge >= 0.3 is 0 Å². The van der Waals surface area contributed by atoms with Crippen LogP contribution in [0.3, 0.4) is 0 Å². The molecular formula is C15H21ClN4. The highest BCUT2D eigenvalue weighted by molar-refractivity contribution is 6.31. The van der Waals surface area contributed by atoms with Crippen molar-refractivity contribution < 1.29 is 0 Å². The molecule has 20 heavy (non-hydrogen) atoms. The third kappa shape index (κ3) is 3.19. The molecule has 0 saturated carbocycles. The second-order valence-electron chi connectivity index (χ2n) is 4.81. The average Bonchev–Trinajstić information content (AvgIpc) is 2.82. The fraction of sp³-hybridized carbons (Fsp3) is 0.467. The van der Waals surface area contributed by atoms with Crippen molar-refractivity contribution in [3.05, 3.63) is 46.5 Å². The Labute approximate surface area is 125 Å². The zero-order chi connectivity index (χ0) is 14.5. The second-order valence-corrected chi connectivity index (χ2v) is 5.22. The smallest absolute Gasteiger partial charge is 0.0837 e. The third-order valence-corrected chi connectivity index (χ3v) is 3.56. The summed E-state index contributed by atoms with van der Waals surface area (Å²) in [7, 11) is 0. The second kappa shape index (κ2) is 6.86. The van der Waals surface area contributed by atoms with Crippen LogP contribution in [0.5, 0.6) is 0 Å². The lowest BCUT2D eigenvalue weighted by molar-refractivity contribution is 0.529. The zero-order valence-corrected chi connectivity index (χ0v) is 13.0. The lowest BCUT2D eigenvalue weighted by Gasteiger charge is -2.20. The molecule has 1 unspecified atom stereocenters. The Bertz CT molecular complexity index is 548. The predicted octanol–water partition coefficient (Wildman–Crippen LogP) is 3.35. The number of pyridine rings is 1. The number of aromatic nitrogens is 3. The molecule has 0 aliphatic carbocycles. The van der Waals surface area contributed by atoms with Gasteiger partial charge in [-0.1, -0.05) is 24.6 Å². The number of rotatable bonds is 6. The van der Waals surface area contributed by atoms with E-state index in [9.17, 15) is 0 Å². The number of hydrogen-bond donors (Lipinski definition) is 1. The normalized spacial score (nSPS) is 12.6. The molecule has 0 amide bonds. The number of aryl methyl sites for hydroxylation is 2. The van der Waals surface area contributed by atoms with Gasteiger partial charge in [-0.25, -0.2) is 0 Å². The molecule has 0 saturated heterocycles. The summed E-state index contributed by atoms with van der Waals surface area (Å²) in [6.07, 6.45) is 4.68. The van der Waals surface area contributed by atoms with Crippen molar-refractivity contribution in [2.45, 2.75) is 39.8 Å². The standard InChI is InChI=1S/C15H21ClN4/c1-4-8-17-14(12-7-6-11(3)18-9-12)15-13(16)10-19-20(15)5-2/h6-7,9-10,14,17H,4-5,8H2,1-3H3. The number of hydrogen-bond acceptors (Lipinski definition) is 3. The van der Waals surface area contributed by atoms with Gasteiger partial charge in [0.25, 0.3) is 0 Å². The van der Waals surface area contributed by atoms with Crippen molar-refractivity contribution >= 4 is 11.6 Å². The van der Waals surface area contributed by atoms with Gasteiger partial charge in [-0.05, 0) is 38.4 Å². The SMILES string of the molecule is CCCNC(c1ccc(C)nc1)c1c(Cl)cnn1CC. The molecule has 2 aromatic rings. The first kappa shape index (κ1) is 15.0. The van der Waals surface area contributed by atoms with E-state index < -0.39 is 0 Å². The molecule has 2 heterocycles. The molecule has 0 spiro atoms. The highest BCUT2D eigenvalue weighted by Gasteiger charge is 2.21. The van der Waals surface area contributed by atoms with E-state index in [2.05, 4.69) is 35.3 Å². The Morgan fingerprint density at radius 1 is 1.30 bits per heavy atom. The van der Waals surface area contributed by atoms with Gasteiger partial charge in [0.05, 0.1) is 23.0 Å². The van der Waals surface area contributed by atoms with Gasteiger partial charge in [-0.15, -0.1) is 0 Å². The Morgan fingerprint density at radius 3 is 2.70 bits per heavy atom. The van der Waals surface area contributed by atoms with Crippen LogP contribution < -0.4 is 5.32 Å². The Morgan fingerprint density at radius 2 is 2.10 bits per heavy atom. The van der Waals surface area contributed by atoms with E-state index in [4.69, 9.17) is 11.6 Å². The summed E-state index contributed by atoms with van der Waals surface area (Å²) >= 11 is 6.33. The Kier molecular flexibility index (Phi) is 5.15. The first-order chi connectivity index (χ1) is 9.67. The maximum Gasteiger partial charge on any atom is 0.0837 e. The molecule has 108 valence electrons. The van der Waals surface area contributed by atoms with E-state index in [0.717, 1.165) is 36.5 Å². The minimum absolute atomic E-state index is 0.0259. The predicted molar refractivity (Wildman–Crippen MR) is 82.0 cm³/mol. The van der Waals surface area contributed by atoms with Crippen molar-refractivity contribution in [3.63, 3.8) is 0 Å². The van der Waals surface area contributed by atoms with Crippen LogP contribution in [0.15, 0.2) is 24.5 Å². The summed E-state index contributed by atoms with van der Waals surface area (Å²) in [5.74, 6) is 0. The van der Waals surface area contributed by atoms with Crippen molar-refractivity contribution in [3.8, 4) is 0 Å². The Balaban J connectivity index is 2.41. The van der Waals surface area contributed by atoms with Crippen molar-refractivity contribution in [2.75, 3.05) is 6.54 Å². The minimum atomic E-state index is 0.0259. The summed E-state index contributed by atoms with van der Waals surface area (Å²) < 4.78 is 1.94. The molecule has 0 aromatic carbocycles. The van der Waals surface area contributed by atoms with Gasteiger partial charge in [0, 0.05) is 18.4 Å². The molecule has 0 aliphatic heterocycles. The molecule has 5 heteroatoms. The molecule has 0 radical (unpaired) electrons. The lowest BCUT2D eigenvalue weighted by Crippen LogP contribution is -2.26. The van der Waals surface area contributed by atoms with Gasteiger partial charge in [-0.2, -0.15) is 5.10 Å². The molecule has 1 atom stereocenters. The van der Waals surface area contributed by atoms with E-state index in [0.29, 0.717) is 5.02 Å². The quantitative estimate of drug-likeness (QED) is 0.888. The summed E-state index contributed by atoms with van der Waals surface area (Å²) in [4.78, 5) is 4.39. The largest absolute Gasteiger partial charge is 0.305 e. The fourth-order valence-corrected chi connectivity index (χ4v) is 2.47. The molecule has 2 rings (SSSR count). The maximum atomic E-state index is 6.33. The number of nitrogens with zero attached hydrogens (tertiary/aromatic N) is 3. The first-order valence-corrected chi connectivity index (χ1v) is 7.42. The van der Waals surface area contributed by atoms with Crippen LogP contribution in [-0.4, -0.2) is 21.3 Å². The van der Waals surface area contributed by atoms with Crippen LogP contribution in [-0.2, 0) is 6.54 Å². The van der Waals surface area contributed by atoms with Gasteiger partial charge in [0.1, 0.15) is 0 Å². The van der Waals surface area contributed by atoms with E-state index in [-0.39, 0.29) is 6.04 Å². The molecule has 0 aliphatic rings. The summed E-state index contributed by atoms with van der Waals surface area (Å²) in [5.41, 5.74) is 3.13. The van der Waals surface area contributed by atoms with Crippen LogP contribution in [0.2, 0.25) is 5.02 Å². The molecule has 2 aromatic heterocycles. The van der Waals surface area contributed by atoms with Crippen LogP contribution >= 0.6 is 11.6 Å². The van der Waals surface area contributed by atoms with E-state index in [1.54, 1.807) is 6.20 Å². The molecule has 0 fully saturated rings. The highest BCUT2D eigenvalue weighted by atomic mass is 35.5. The van der Waals surface area contributed by atoms with Gasteiger partial charge in [0.15, 0.2) is 0 Å². The Hall–Kier alpha value is -1.39. The highest BCUT2D eigenvalue weighted by Crippen LogP contribution is 2.28. The number of nitrogens with one attached hydrogen (secondary N) is 1. The summed E-state index contributed by atoms with van der Waals surface area (Å²) in [5, 5.41) is 8.56. The van der Waals surface area contributed by atoms with Crippen LogP contribution in [0.25, 0.3) is 0 Å². The average molecular weight is 293 g/mol. The van der Waals surface area contributed by atoms with E-state index in [1.807, 2.05) is 23.9 Å². The zero-order valence-electron chi connectivity index (χ0n) is 12.2. The minimum Gasteiger partial charge on any atom is -0.305 e. The van der Waals surface area contributed by atoms with Gasteiger partial charge in [0.2, 0.25) is 0 Å². The summed E-state index contributed by atoms with van der Waals surface area (Å²) in [6, 6.07) is 4.15. The molecule has 1 N–H and O–H groups in total. The van der Waals surface area contributed by atoms with Crippen LogP contribution in [0, 0.1) is 6.92 Å². The lowest BCUT2D eigenvalue weighted by atomic mass is 10.0. The van der Waals surface area contributed by atoms with Gasteiger partial charge in [-0.3, -0.25) is 9.67 Å². The topological polar surface area (TPSA) is 42.7 Å². The molecule has 0 bridgehead atoms. The van der Waals surface area contributed by atoms with Crippen molar-refractivity contribution in [2.24, 2.45) is 0 Å². The first-order valence-electron chi connectivity index (χ1n) is 7.04. The molecular weight excluding hydrogens is 272 g/mol. The fourth-order valence-electron chi connectivity index (χ4n) is 2.22. The van der Waals surface area contributed by atoms with Crippen LogP contribution in [0.1, 0.15) is 43.3 Å². The molecule has 4 nitrogen and oxygen atoms in total. The van der Waals surface area contributed by atoms with Crippen molar-refractivity contribution in [1.82, 2.24) is 20.1 Å². The van der Waals surface area contributed by atoms with Crippen LogP contribution in [0.4, 0.5) is 0 Å². The van der Waals surface area contributed by atoms with Gasteiger partial charge < -0.3 is 5.32 Å². The van der Waals surface area contributed by atoms with Crippen molar-refractivity contribution in [1.29, 1.82) is 0 Å². The monoisotopic (exact) mass is 292 g/mol. The summed E-state index contributed by atoms with van der Waals surface area (Å²) in [6.45, 7) is 7.92.